The molecule has 0 amide bonds. The van der Waals surface area contributed by atoms with Gasteiger partial charge in [0.2, 0.25) is 5.95 Å². The van der Waals surface area contributed by atoms with Gasteiger partial charge in [0.15, 0.2) is 0 Å². The van der Waals surface area contributed by atoms with Crippen LogP contribution in [0.15, 0.2) is 12.4 Å². The van der Waals surface area contributed by atoms with E-state index >= 15 is 0 Å². The van der Waals surface area contributed by atoms with E-state index in [9.17, 15) is 0 Å². The fourth-order valence-electron chi connectivity index (χ4n) is 1.78. The third-order valence-electron chi connectivity index (χ3n) is 2.50. The molecule has 2 rings (SSSR count). The fraction of sp³-hybridized carbons (Fsp3) is 0.667. The maximum Gasteiger partial charge on any atom is 0.205 e. The third-order valence-corrected chi connectivity index (χ3v) is 2.50. The van der Waals surface area contributed by atoms with Crippen LogP contribution < -0.4 is 4.90 Å². The van der Waals surface area contributed by atoms with Crippen LogP contribution in [-0.4, -0.2) is 22.6 Å². The molecule has 1 unspecified atom stereocenters. The molecule has 0 radical (unpaired) electrons. The number of aromatic nitrogens is 2. The van der Waals surface area contributed by atoms with Crippen molar-refractivity contribution in [3.8, 4) is 0 Å². The summed E-state index contributed by atoms with van der Waals surface area (Å²) >= 11 is 0. The first-order chi connectivity index (χ1) is 5.77. The number of hydrogen-bond donors (Lipinski definition) is 0. The maximum absolute atomic E-state index is 4.32. The number of hydrogen-bond acceptors (Lipinski definition) is 2. The van der Waals surface area contributed by atoms with E-state index in [4.69, 9.17) is 0 Å². The lowest BCUT2D eigenvalue weighted by Crippen LogP contribution is -2.22. The van der Waals surface area contributed by atoms with Gasteiger partial charge in [-0.15, -0.1) is 0 Å². The van der Waals surface area contributed by atoms with Gasteiger partial charge in [-0.2, -0.15) is 0 Å². The molecule has 0 aromatic carbocycles. The lowest BCUT2D eigenvalue weighted by molar-refractivity contribution is 0.656. The molecule has 1 aromatic rings. The van der Waals surface area contributed by atoms with Gasteiger partial charge in [-0.1, -0.05) is 6.92 Å². The predicted octanol–water partition coefficient (Wildman–Crippen LogP) is 1.27. The van der Waals surface area contributed by atoms with Crippen molar-refractivity contribution in [3.63, 3.8) is 0 Å². The highest BCUT2D eigenvalue weighted by atomic mass is 15.3. The van der Waals surface area contributed by atoms with Crippen molar-refractivity contribution in [2.75, 3.05) is 18.0 Å². The molecule has 0 N–H and O–H groups in total. The molecule has 1 aromatic heterocycles. The summed E-state index contributed by atoms with van der Waals surface area (Å²) in [6.45, 7) is 4.61. The van der Waals surface area contributed by atoms with Gasteiger partial charge in [0.25, 0.3) is 0 Å². The van der Waals surface area contributed by atoms with Crippen molar-refractivity contribution in [1.82, 2.24) is 9.55 Å². The highest BCUT2D eigenvalue weighted by molar-refractivity contribution is 5.32. The Morgan fingerprint density at radius 3 is 2.92 bits per heavy atom. The lowest BCUT2D eigenvalue weighted by Gasteiger charge is -2.16. The summed E-state index contributed by atoms with van der Waals surface area (Å²) in [6, 6.07) is 0. The van der Waals surface area contributed by atoms with Crippen molar-refractivity contribution in [2.24, 2.45) is 13.0 Å². The highest BCUT2D eigenvalue weighted by Gasteiger charge is 2.20. The van der Waals surface area contributed by atoms with Crippen LogP contribution in [0.1, 0.15) is 13.3 Å². The minimum Gasteiger partial charge on any atom is -0.342 e. The average Bonchev–Trinajstić information content (AvgIpc) is 2.58. The molecule has 1 saturated heterocycles. The second-order valence-corrected chi connectivity index (χ2v) is 3.68. The molecule has 1 aliphatic heterocycles. The maximum atomic E-state index is 4.32. The monoisotopic (exact) mass is 165 g/mol. The van der Waals surface area contributed by atoms with E-state index in [0.717, 1.165) is 25.0 Å². The van der Waals surface area contributed by atoms with Gasteiger partial charge in [0, 0.05) is 32.5 Å². The van der Waals surface area contributed by atoms with Gasteiger partial charge in [-0.25, -0.2) is 4.98 Å². The van der Waals surface area contributed by atoms with Crippen LogP contribution in [0, 0.1) is 5.92 Å². The fourth-order valence-corrected chi connectivity index (χ4v) is 1.78. The molecule has 1 fully saturated rings. The molecule has 1 atom stereocenters. The van der Waals surface area contributed by atoms with Crippen LogP contribution in [0.3, 0.4) is 0 Å². The summed E-state index contributed by atoms with van der Waals surface area (Å²) in [4.78, 5) is 6.67. The Hall–Kier alpha value is -0.990. The summed E-state index contributed by atoms with van der Waals surface area (Å²) in [5.74, 6) is 1.93. The minimum atomic E-state index is 0.821. The van der Waals surface area contributed by atoms with E-state index in [0.29, 0.717) is 0 Å². The molecular formula is C9H15N3. The summed E-state index contributed by atoms with van der Waals surface area (Å²) in [5, 5.41) is 0. The Morgan fingerprint density at radius 1 is 1.58 bits per heavy atom. The first kappa shape index (κ1) is 7.65. The molecule has 3 heteroatoms. The first-order valence-electron chi connectivity index (χ1n) is 4.49. The number of rotatable bonds is 1. The molecule has 66 valence electrons. The zero-order chi connectivity index (χ0) is 8.55. The Morgan fingerprint density at radius 2 is 2.42 bits per heavy atom. The number of imidazole rings is 1. The Labute approximate surface area is 73.0 Å². The van der Waals surface area contributed by atoms with Crippen LogP contribution in [-0.2, 0) is 7.05 Å². The summed E-state index contributed by atoms with van der Waals surface area (Å²) in [7, 11) is 2.05. The van der Waals surface area contributed by atoms with Gasteiger partial charge in [-0.3, -0.25) is 0 Å². The SMILES string of the molecule is CC1CCN(c2nccn2C)C1. The topological polar surface area (TPSA) is 21.1 Å². The average molecular weight is 165 g/mol. The predicted molar refractivity (Wildman–Crippen MR) is 49.2 cm³/mol. The van der Waals surface area contributed by atoms with E-state index in [-0.39, 0.29) is 0 Å². The van der Waals surface area contributed by atoms with Crippen molar-refractivity contribution in [1.29, 1.82) is 0 Å². The second-order valence-electron chi connectivity index (χ2n) is 3.68. The second kappa shape index (κ2) is 2.81. The molecule has 0 aliphatic carbocycles. The molecule has 3 nitrogen and oxygen atoms in total. The Bertz CT molecular complexity index is 266. The zero-order valence-corrected chi connectivity index (χ0v) is 7.70. The van der Waals surface area contributed by atoms with Crippen molar-refractivity contribution in [2.45, 2.75) is 13.3 Å². The van der Waals surface area contributed by atoms with Crippen LogP contribution in [0.4, 0.5) is 5.95 Å². The molecular weight excluding hydrogens is 150 g/mol. The molecule has 0 saturated carbocycles. The van der Waals surface area contributed by atoms with E-state index in [1.165, 1.54) is 6.42 Å². The molecule has 2 heterocycles. The first-order valence-corrected chi connectivity index (χ1v) is 4.49. The van der Waals surface area contributed by atoms with Crippen LogP contribution in [0.2, 0.25) is 0 Å². The largest absolute Gasteiger partial charge is 0.342 e. The minimum absolute atomic E-state index is 0.821. The van der Waals surface area contributed by atoms with E-state index in [2.05, 4.69) is 21.4 Å². The normalized spacial score (nSPS) is 23.5. The van der Waals surface area contributed by atoms with Crippen molar-refractivity contribution >= 4 is 5.95 Å². The standard InChI is InChI=1S/C9H15N3/c1-8-3-5-12(7-8)9-10-4-6-11(9)2/h4,6,8H,3,5,7H2,1-2H3. The summed E-state index contributed by atoms with van der Waals surface area (Å²) < 4.78 is 2.08. The lowest BCUT2D eigenvalue weighted by atomic mass is 10.2. The smallest absolute Gasteiger partial charge is 0.205 e. The van der Waals surface area contributed by atoms with Gasteiger partial charge >= 0.3 is 0 Å². The zero-order valence-electron chi connectivity index (χ0n) is 7.70. The van der Waals surface area contributed by atoms with Crippen molar-refractivity contribution < 1.29 is 0 Å². The van der Waals surface area contributed by atoms with Gasteiger partial charge in [0.1, 0.15) is 0 Å². The molecule has 0 bridgehead atoms. The van der Waals surface area contributed by atoms with Gasteiger partial charge < -0.3 is 9.47 Å². The number of anilines is 1. The number of nitrogens with zero attached hydrogens (tertiary/aromatic N) is 3. The summed E-state index contributed by atoms with van der Waals surface area (Å²) in [5.41, 5.74) is 0. The van der Waals surface area contributed by atoms with Gasteiger partial charge in [-0.05, 0) is 12.3 Å². The molecule has 0 spiro atoms. The quantitative estimate of drug-likeness (QED) is 0.624. The number of aryl methyl sites for hydroxylation is 1. The Balaban J connectivity index is 2.16. The summed E-state index contributed by atoms with van der Waals surface area (Å²) in [6.07, 6.45) is 5.16. The highest BCUT2D eigenvalue weighted by Crippen LogP contribution is 2.20. The van der Waals surface area contributed by atoms with E-state index in [1.54, 1.807) is 0 Å². The molecule has 1 aliphatic rings. The van der Waals surface area contributed by atoms with Crippen LogP contribution in [0.5, 0.6) is 0 Å². The Kier molecular flexibility index (Phi) is 1.79. The van der Waals surface area contributed by atoms with E-state index in [1.807, 2.05) is 19.4 Å². The van der Waals surface area contributed by atoms with E-state index < -0.39 is 0 Å². The van der Waals surface area contributed by atoms with Crippen LogP contribution >= 0.6 is 0 Å². The van der Waals surface area contributed by atoms with Crippen molar-refractivity contribution in [3.05, 3.63) is 12.4 Å². The third kappa shape index (κ3) is 1.19. The molecule has 12 heavy (non-hydrogen) atoms. The van der Waals surface area contributed by atoms with Crippen LogP contribution in [0.25, 0.3) is 0 Å². The van der Waals surface area contributed by atoms with Gasteiger partial charge in [0.05, 0.1) is 0 Å².